The van der Waals surface area contributed by atoms with Gasteiger partial charge >= 0.3 is 5.97 Å². The molecule has 1 amide bonds. The lowest BCUT2D eigenvalue weighted by molar-refractivity contribution is -0.143. The molecular weight excluding hydrogens is 839 g/mol. The van der Waals surface area contributed by atoms with Gasteiger partial charge in [-0.05, 0) is 83.5 Å². The topological polar surface area (TPSA) is 95.9 Å². The minimum absolute atomic E-state index is 0.00220. The number of aliphatic hydroxyl groups excluding tert-OH is 2. The number of ether oxygens (including phenoxy) is 1. The molecule has 0 aromatic heterocycles. The van der Waals surface area contributed by atoms with Crippen LogP contribution in [0.25, 0.3) is 0 Å². The molecule has 6 heteroatoms. The first-order valence-corrected chi connectivity index (χ1v) is 29.9. The molecule has 68 heavy (non-hydrogen) atoms. The number of carbonyl (C=O) groups is 2. The van der Waals surface area contributed by atoms with Crippen molar-refractivity contribution in [1.82, 2.24) is 5.32 Å². The Morgan fingerprint density at radius 1 is 0.412 bits per heavy atom. The second kappa shape index (κ2) is 57.4. The van der Waals surface area contributed by atoms with Crippen molar-refractivity contribution in [2.75, 3.05) is 13.2 Å². The largest absolute Gasteiger partial charge is 0.466 e. The summed E-state index contributed by atoms with van der Waals surface area (Å²) in [6.45, 7) is 4.85. The van der Waals surface area contributed by atoms with Gasteiger partial charge in [-0.1, -0.05) is 262 Å². The summed E-state index contributed by atoms with van der Waals surface area (Å²) in [4.78, 5) is 24.5. The van der Waals surface area contributed by atoms with Crippen LogP contribution in [-0.4, -0.2) is 47.4 Å². The average molecular weight is 955 g/mol. The molecule has 0 aromatic rings. The molecule has 6 nitrogen and oxygen atoms in total. The molecule has 0 aromatic carbocycles. The number of unbranched alkanes of at least 4 members (excludes halogenated alkanes) is 38. The van der Waals surface area contributed by atoms with Crippen LogP contribution < -0.4 is 5.32 Å². The van der Waals surface area contributed by atoms with Gasteiger partial charge in [-0.15, -0.1) is 0 Å². The van der Waals surface area contributed by atoms with Crippen molar-refractivity contribution >= 4 is 11.9 Å². The van der Waals surface area contributed by atoms with Crippen LogP contribution in [-0.2, 0) is 14.3 Å². The van der Waals surface area contributed by atoms with Crippen molar-refractivity contribution in [3.05, 3.63) is 48.6 Å². The van der Waals surface area contributed by atoms with Crippen molar-refractivity contribution in [2.45, 2.75) is 321 Å². The first kappa shape index (κ1) is 65.8. The zero-order valence-corrected chi connectivity index (χ0v) is 45.3. The van der Waals surface area contributed by atoms with Crippen molar-refractivity contribution < 1.29 is 24.5 Å². The zero-order valence-electron chi connectivity index (χ0n) is 45.3. The molecule has 0 fully saturated rings. The molecule has 0 spiro atoms. The maximum absolute atomic E-state index is 12.4. The lowest BCUT2D eigenvalue weighted by Crippen LogP contribution is -2.45. The highest BCUT2D eigenvalue weighted by molar-refractivity contribution is 5.76. The summed E-state index contributed by atoms with van der Waals surface area (Å²) in [5, 5.41) is 23.0. The van der Waals surface area contributed by atoms with Crippen LogP contribution in [0.3, 0.4) is 0 Å². The third kappa shape index (κ3) is 53.2. The number of hydrogen-bond acceptors (Lipinski definition) is 5. The van der Waals surface area contributed by atoms with Gasteiger partial charge in [0.1, 0.15) is 0 Å². The normalized spacial score (nSPS) is 12.9. The Hall–Kier alpha value is -2.18. The Labute approximate surface area is 423 Å². The highest BCUT2D eigenvalue weighted by atomic mass is 16.5. The molecule has 0 saturated heterocycles. The molecule has 0 radical (unpaired) electrons. The second-order valence-electron chi connectivity index (χ2n) is 20.3. The first-order chi connectivity index (χ1) is 33.5. The molecule has 2 atom stereocenters. The summed E-state index contributed by atoms with van der Waals surface area (Å²) in [6.07, 6.45) is 72.9. The Balaban J connectivity index is 3.41. The summed E-state index contributed by atoms with van der Waals surface area (Å²) in [6, 6.07) is -0.630. The van der Waals surface area contributed by atoms with E-state index in [0.717, 1.165) is 51.4 Å². The predicted molar refractivity (Wildman–Crippen MR) is 296 cm³/mol. The van der Waals surface area contributed by atoms with Crippen LogP contribution in [0.1, 0.15) is 309 Å². The molecule has 398 valence electrons. The molecule has 0 aliphatic heterocycles. The molecule has 2 unspecified atom stereocenters. The van der Waals surface area contributed by atoms with E-state index in [-0.39, 0.29) is 18.5 Å². The van der Waals surface area contributed by atoms with E-state index in [1.165, 1.54) is 231 Å². The maximum atomic E-state index is 12.4. The van der Waals surface area contributed by atoms with E-state index in [4.69, 9.17) is 4.74 Å². The van der Waals surface area contributed by atoms with Gasteiger partial charge in [-0.25, -0.2) is 0 Å². The molecular formula is C62H115NO5. The Morgan fingerprint density at radius 2 is 0.750 bits per heavy atom. The fourth-order valence-electron chi connectivity index (χ4n) is 8.94. The number of aliphatic hydroxyl groups is 2. The number of esters is 1. The Bertz CT molecular complexity index is 1150. The molecule has 0 saturated carbocycles. The molecule has 0 aliphatic rings. The smallest absolute Gasteiger partial charge is 0.305 e. The third-order valence-corrected chi connectivity index (χ3v) is 13.6. The summed E-state index contributed by atoms with van der Waals surface area (Å²) >= 11 is 0. The number of nitrogens with one attached hydrogen (secondary N) is 1. The van der Waals surface area contributed by atoms with Gasteiger partial charge in [0.25, 0.3) is 0 Å². The van der Waals surface area contributed by atoms with Crippen LogP contribution in [0.15, 0.2) is 48.6 Å². The van der Waals surface area contributed by atoms with Gasteiger partial charge < -0.3 is 20.3 Å². The van der Waals surface area contributed by atoms with Crippen molar-refractivity contribution in [1.29, 1.82) is 0 Å². The number of carbonyl (C=O) groups excluding carboxylic acids is 2. The monoisotopic (exact) mass is 954 g/mol. The number of allylic oxidation sites excluding steroid dienone is 7. The van der Waals surface area contributed by atoms with Crippen LogP contribution in [0.5, 0.6) is 0 Å². The third-order valence-electron chi connectivity index (χ3n) is 13.6. The first-order valence-electron chi connectivity index (χ1n) is 29.9. The van der Waals surface area contributed by atoms with E-state index < -0.39 is 12.1 Å². The highest BCUT2D eigenvalue weighted by Crippen LogP contribution is 2.16. The van der Waals surface area contributed by atoms with Crippen LogP contribution in [0, 0.1) is 0 Å². The van der Waals surface area contributed by atoms with Crippen LogP contribution in [0.2, 0.25) is 0 Å². The lowest BCUT2D eigenvalue weighted by Gasteiger charge is -2.20. The van der Waals surface area contributed by atoms with E-state index >= 15 is 0 Å². The number of hydrogen-bond donors (Lipinski definition) is 3. The van der Waals surface area contributed by atoms with Crippen molar-refractivity contribution in [2.24, 2.45) is 0 Å². The number of rotatable bonds is 55. The molecule has 3 N–H and O–H groups in total. The Morgan fingerprint density at radius 3 is 1.18 bits per heavy atom. The summed E-state index contributed by atoms with van der Waals surface area (Å²) in [7, 11) is 0. The van der Waals surface area contributed by atoms with Gasteiger partial charge in [0.05, 0.1) is 25.4 Å². The summed E-state index contributed by atoms with van der Waals surface area (Å²) in [5.41, 5.74) is 0. The molecule has 0 aliphatic carbocycles. The van der Waals surface area contributed by atoms with Gasteiger partial charge in [-0.2, -0.15) is 0 Å². The van der Waals surface area contributed by atoms with E-state index in [9.17, 15) is 19.8 Å². The maximum Gasteiger partial charge on any atom is 0.305 e. The van der Waals surface area contributed by atoms with Gasteiger partial charge in [0.15, 0.2) is 0 Å². The van der Waals surface area contributed by atoms with Crippen LogP contribution >= 0.6 is 0 Å². The van der Waals surface area contributed by atoms with E-state index in [1.807, 2.05) is 6.08 Å². The standard InChI is InChI=1S/C62H115NO5/c1-3-5-7-9-11-13-15-17-32-36-40-44-48-52-56-62(67)68-57-53-49-45-41-37-33-30-28-26-24-22-20-18-19-21-23-25-27-29-31-35-39-43-47-51-55-61(66)63-59(58-64)60(65)54-50-46-42-38-34-16-14-12-10-8-6-4-2/h9,11,15,17,19,21,50,54,59-60,64-65H,3-8,10,12-14,16,18,20,22-49,51-53,55-58H2,1-2H3,(H,63,66)/b11-9-,17-15-,21-19-,54-50+. The summed E-state index contributed by atoms with van der Waals surface area (Å²) in [5.74, 6) is -0.0743. The Kier molecular flexibility index (Phi) is 55.6. The second-order valence-corrected chi connectivity index (χ2v) is 20.3. The fourth-order valence-corrected chi connectivity index (χ4v) is 8.94. The highest BCUT2D eigenvalue weighted by Gasteiger charge is 2.18. The summed E-state index contributed by atoms with van der Waals surface area (Å²) < 4.78 is 5.47. The zero-order chi connectivity index (χ0) is 49.3. The average Bonchev–Trinajstić information content (AvgIpc) is 3.34. The van der Waals surface area contributed by atoms with Crippen molar-refractivity contribution in [3.8, 4) is 0 Å². The van der Waals surface area contributed by atoms with Gasteiger partial charge in [0, 0.05) is 12.8 Å². The van der Waals surface area contributed by atoms with Gasteiger partial charge in [0.2, 0.25) is 5.91 Å². The molecule has 0 bridgehead atoms. The quantitative estimate of drug-likeness (QED) is 0.0321. The predicted octanol–water partition coefficient (Wildman–Crippen LogP) is 18.6. The lowest BCUT2D eigenvalue weighted by atomic mass is 10.0. The SMILES string of the molecule is CCCC/C=C\C/C=C\CCCCCCCC(=O)OCCCCCCCCCCCCCC/C=C\CCCCCCCCCCCC(=O)NC(CO)C(O)/C=C/CCCCCCCCCCCC. The van der Waals surface area contributed by atoms with Crippen LogP contribution in [0.4, 0.5) is 0 Å². The van der Waals surface area contributed by atoms with Crippen molar-refractivity contribution in [3.63, 3.8) is 0 Å². The number of amides is 1. The molecule has 0 rings (SSSR count). The van der Waals surface area contributed by atoms with E-state index in [0.29, 0.717) is 19.4 Å². The van der Waals surface area contributed by atoms with Gasteiger partial charge in [-0.3, -0.25) is 9.59 Å². The fraction of sp³-hybridized carbons (Fsp3) is 0.839. The van der Waals surface area contributed by atoms with E-state index in [1.54, 1.807) is 6.08 Å². The minimum atomic E-state index is -0.846. The minimum Gasteiger partial charge on any atom is -0.466 e. The molecule has 0 heterocycles. The van der Waals surface area contributed by atoms with E-state index in [2.05, 4.69) is 55.6 Å².